The first-order valence-electron chi connectivity index (χ1n) is 10.6. The molecule has 2 heterocycles. The number of aliphatic hydroxyl groups is 2. The summed E-state index contributed by atoms with van der Waals surface area (Å²) in [5.74, 6) is 1.19. The number of rotatable bonds is 1. The van der Waals surface area contributed by atoms with Crippen molar-refractivity contribution in [1.82, 2.24) is 0 Å². The van der Waals surface area contributed by atoms with Crippen LogP contribution in [0.3, 0.4) is 0 Å². The van der Waals surface area contributed by atoms with Crippen LogP contribution in [0.25, 0.3) is 0 Å². The summed E-state index contributed by atoms with van der Waals surface area (Å²) in [5, 5.41) is 20.7. The van der Waals surface area contributed by atoms with Gasteiger partial charge in [-0.3, -0.25) is 4.79 Å². The zero-order valence-electron chi connectivity index (χ0n) is 15.5. The molecule has 4 saturated carbocycles. The molecule has 5 nitrogen and oxygen atoms in total. The summed E-state index contributed by atoms with van der Waals surface area (Å²) in [7, 11) is 0. The Morgan fingerprint density at radius 1 is 1.23 bits per heavy atom. The maximum atomic E-state index is 12.1. The largest absolute Gasteiger partial charge is 0.391 e. The normalized spacial score (nSPS) is 62.7. The molecule has 2 unspecified atom stereocenters. The van der Waals surface area contributed by atoms with E-state index in [0.717, 1.165) is 44.9 Å². The number of carbonyl (C=O) groups is 1. The lowest BCUT2D eigenvalue weighted by Gasteiger charge is -2.59. The van der Waals surface area contributed by atoms with Gasteiger partial charge in [-0.25, -0.2) is 0 Å². The third-order valence-corrected chi connectivity index (χ3v) is 9.82. The average molecular weight is 362 g/mol. The van der Waals surface area contributed by atoms with E-state index in [1.54, 1.807) is 0 Å². The molecule has 5 heteroatoms. The lowest BCUT2D eigenvalue weighted by atomic mass is 9.44. The molecule has 26 heavy (non-hydrogen) atoms. The van der Waals surface area contributed by atoms with Crippen molar-refractivity contribution >= 4 is 5.78 Å². The lowest BCUT2D eigenvalue weighted by Crippen LogP contribution is -2.57. The van der Waals surface area contributed by atoms with Gasteiger partial charge in [-0.05, 0) is 67.6 Å². The molecule has 0 radical (unpaired) electrons. The van der Waals surface area contributed by atoms with E-state index in [2.05, 4.69) is 6.92 Å². The molecule has 0 amide bonds. The standard InChI is InChI=1S/C21H30O5/c1-19-7-6-12(23)8-11(19)2-3-13-14-4-5-16-20(14)9-15(17(13)19)25-18(20)26-21(16,24)10-22/h11,13-18,22,24H,2-10H2,1H3/t11-,13-,14-,15-,16-,17+,18?,19-,20+,21?/m0/s1. The van der Waals surface area contributed by atoms with Crippen LogP contribution in [0, 0.1) is 40.4 Å². The third-order valence-electron chi connectivity index (χ3n) is 9.82. The van der Waals surface area contributed by atoms with Gasteiger partial charge in [0.15, 0.2) is 12.1 Å². The molecule has 6 rings (SSSR count). The number of Topliss-reactive ketones (excluding diaryl/α,β-unsaturated/α-hetero) is 1. The fourth-order valence-electron chi connectivity index (χ4n) is 8.88. The van der Waals surface area contributed by atoms with Crippen molar-refractivity contribution in [2.45, 2.75) is 76.5 Å². The van der Waals surface area contributed by atoms with E-state index in [1.165, 1.54) is 6.42 Å². The highest BCUT2D eigenvalue weighted by atomic mass is 16.8. The molecule has 2 aliphatic heterocycles. The maximum absolute atomic E-state index is 12.1. The second kappa shape index (κ2) is 4.91. The van der Waals surface area contributed by atoms with Crippen LogP contribution < -0.4 is 0 Å². The number of fused-ring (bicyclic) bond motifs is 6. The van der Waals surface area contributed by atoms with Crippen LogP contribution in [0.1, 0.15) is 58.3 Å². The fraction of sp³-hybridized carbons (Fsp3) is 0.952. The molecule has 1 spiro atoms. The second-order valence-corrected chi connectivity index (χ2v) is 10.4. The number of ketones is 1. The van der Waals surface area contributed by atoms with Gasteiger partial charge in [-0.15, -0.1) is 0 Å². The van der Waals surface area contributed by atoms with E-state index < -0.39 is 5.79 Å². The van der Waals surface area contributed by atoms with Crippen molar-refractivity contribution in [3.8, 4) is 0 Å². The van der Waals surface area contributed by atoms with Gasteiger partial charge < -0.3 is 19.7 Å². The van der Waals surface area contributed by atoms with Gasteiger partial charge in [0.25, 0.3) is 0 Å². The monoisotopic (exact) mass is 362 g/mol. The Bertz CT molecular complexity index is 665. The predicted octanol–water partition coefficient (Wildman–Crippen LogP) is 2.24. The Balaban J connectivity index is 1.41. The second-order valence-electron chi connectivity index (χ2n) is 10.4. The first-order valence-corrected chi connectivity index (χ1v) is 10.6. The van der Waals surface area contributed by atoms with E-state index in [9.17, 15) is 15.0 Å². The fourth-order valence-corrected chi connectivity index (χ4v) is 8.88. The van der Waals surface area contributed by atoms with E-state index in [1.807, 2.05) is 0 Å². The van der Waals surface area contributed by atoms with Crippen molar-refractivity contribution in [1.29, 1.82) is 0 Å². The van der Waals surface area contributed by atoms with Crippen LogP contribution in [0.15, 0.2) is 0 Å². The summed E-state index contributed by atoms with van der Waals surface area (Å²) in [4.78, 5) is 12.1. The molecule has 2 saturated heterocycles. The zero-order chi connectivity index (χ0) is 17.9. The Morgan fingerprint density at radius 3 is 2.88 bits per heavy atom. The van der Waals surface area contributed by atoms with Crippen LogP contribution in [-0.2, 0) is 14.3 Å². The van der Waals surface area contributed by atoms with Crippen molar-refractivity contribution < 1.29 is 24.5 Å². The number of ether oxygens (including phenoxy) is 2. The number of hydrogen-bond donors (Lipinski definition) is 2. The molecule has 2 bridgehead atoms. The summed E-state index contributed by atoms with van der Waals surface area (Å²) < 4.78 is 12.5. The molecule has 4 aliphatic carbocycles. The molecular weight excluding hydrogens is 332 g/mol. The summed E-state index contributed by atoms with van der Waals surface area (Å²) in [6.07, 6.45) is 7.66. The van der Waals surface area contributed by atoms with Gasteiger partial charge in [0.2, 0.25) is 0 Å². The maximum Gasteiger partial charge on any atom is 0.195 e. The zero-order valence-corrected chi connectivity index (χ0v) is 15.5. The highest BCUT2D eigenvalue weighted by Gasteiger charge is 2.78. The molecule has 2 N–H and O–H groups in total. The molecule has 144 valence electrons. The minimum Gasteiger partial charge on any atom is -0.391 e. The summed E-state index contributed by atoms with van der Waals surface area (Å²) in [6, 6.07) is 0. The smallest absolute Gasteiger partial charge is 0.195 e. The van der Waals surface area contributed by atoms with E-state index in [0.29, 0.717) is 29.5 Å². The quantitative estimate of drug-likeness (QED) is 0.748. The van der Waals surface area contributed by atoms with Crippen molar-refractivity contribution in [3.63, 3.8) is 0 Å². The SMILES string of the molecule is C[C@]12CCC(=O)C[C@@H]1CC[C@@H]1[C@@H]2[C@@H]2C[C@]34C(O2)OC(O)(CO)[C@H]3CC[C@@H]14. The average Bonchev–Trinajstić information content (AvgIpc) is 3.21. The molecule has 6 aliphatic rings. The molecule has 0 aromatic rings. The van der Waals surface area contributed by atoms with Gasteiger partial charge >= 0.3 is 0 Å². The first-order chi connectivity index (χ1) is 12.4. The minimum absolute atomic E-state index is 0.000543. The van der Waals surface area contributed by atoms with E-state index in [4.69, 9.17) is 9.47 Å². The Morgan fingerprint density at radius 2 is 2.08 bits per heavy atom. The molecule has 0 aromatic carbocycles. The van der Waals surface area contributed by atoms with Crippen LogP contribution in [0.4, 0.5) is 0 Å². The first kappa shape index (κ1) is 16.5. The molecular formula is C21H30O5. The summed E-state index contributed by atoms with van der Waals surface area (Å²) >= 11 is 0. The van der Waals surface area contributed by atoms with Crippen molar-refractivity contribution in [3.05, 3.63) is 0 Å². The predicted molar refractivity (Wildman–Crippen MR) is 91.7 cm³/mol. The van der Waals surface area contributed by atoms with Crippen LogP contribution in [0.5, 0.6) is 0 Å². The summed E-state index contributed by atoms with van der Waals surface area (Å²) in [5.41, 5.74) is 0.101. The number of hydrogen-bond acceptors (Lipinski definition) is 5. The molecule has 0 aromatic heterocycles. The van der Waals surface area contributed by atoms with Crippen LogP contribution >= 0.6 is 0 Å². The van der Waals surface area contributed by atoms with Gasteiger partial charge in [0.05, 0.1) is 12.7 Å². The molecule has 6 fully saturated rings. The highest BCUT2D eigenvalue weighted by Crippen LogP contribution is 2.75. The van der Waals surface area contributed by atoms with E-state index >= 15 is 0 Å². The molecule has 10 atom stereocenters. The van der Waals surface area contributed by atoms with Gasteiger partial charge in [0.1, 0.15) is 5.78 Å². The number of carbonyl (C=O) groups excluding carboxylic acids is 1. The van der Waals surface area contributed by atoms with Crippen molar-refractivity contribution in [2.75, 3.05) is 6.61 Å². The summed E-state index contributed by atoms with van der Waals surface area (Å²) in [6.45, 7) is 2.08. The third kappa shape index (κ3) is 1.67. The van der Waals surface area contributed by atoms with Gasteiger partial charge in [-0.1, -0.05) is 6.92 Å². The van der Waals surface area contributed by atoms with Crippen LogP contribution in [0.2, 0.25) is 0 Å². The van der Waals surface area contributed by atoms with Crippen molar-refractivity contribution in [2.24, 2.45) is 40.4 Å². The number of aliphatic hydroxyl groups excluding tert-OH is 1. The topological polar surface area (TPSA) is 76.0 Å². The van der Waals surface area contributed by atoms with Gasteiger partial charge in [0, 0.05) is 24.2 Å². The Labute approximate surface area is 154 Å². The Kier molecular flexibility index (Phi) is 3.11. The highest BCUT2D eigenvalue weighted by molar-refractivity contribution is 5.79. The minimum atomic E-state index is -1.42. The van der Waals surface area contributed by atoms with Crippen LogP contribution in [-0.4, -0.2) is 40.8 Å². The van der Waals surface area contributed by atoms with E-state index in [-0.39, 0.29) is 35.7 Å². The van der Waals surface area contributed by atoms with Gasteiger partial charge in [-0.2, -0.15) is 0 Å². The lowest BCUT2D eigenvalue weighted by molar-refractivity contribution is -0.282. The Hall–Kier alpha value is -0.490.